The Morgan fingerprint density at radius 1 is 1.25 bits per heavy atom. The van der Waals surface area contributed by atoms with Gasteiger partial charge in [-0.2, -0.15) is 0 Å². The smallest absolute Gasteiger partial charge is 0.181 e. The zero-order chi connectivity index (χ0) is 12.3. The van der Waals surface area contributed by atoms with E-state index in [1.165, 1.54) is 38.1 Å². The van der Waals surface area contributed by atoms with Gasteiger partial charge in [-0.3, -0.25) is 4.79 Å². The first-order valence-corrected chi connectivity index (χ1v) is 6.38. The minimum Gasteiger partial charge on any atom is -0.300 e. The van der Waals surface area contributed by atoms with Gasteiger partial charge < -0.3 is 0 Å². The fourth-order valence-corrected chi connectivity index (χ4v) is 2.58. The molecule has 0 amide bonds. The van der Waals surface area contributed by atoms with Gasteiger partial charge in [-0.1, -0.05) is 18.2 Å². The van der Waals surface area contributed by atoms with Crippen molar-refractivity contribution in [3.63, 3.8) is 0 Å². The number of halogens is 1. The van der Waals surface area contributed by atoms with Crippen LogP contribution < -0.4 is 0 Å². The lowest BCUT2D eigenvalue weighted by atomic mass is 10.1. The molecule has 0 bridgehead atoms. The first-order valence-electron chi connectivity index (χ1n) is 4.83. The average Bonchev–Trinajstić information content (AvgIpc) is 2.27. The van der Waals surface area contributed by atoms with Gasteiger partial charge in [-0.05, 0) is 19.9 Å². The standard InChI is InChI=1S/C11H13FO3S/c1-8(2)16(14,15)11-6-4-3-5-9(11)10(12)7-13/h3-8,10H,1-2H3. The third kappa shape index (κ3) is 2.29. The summed E-state index contributed by atoms with van der Waals surface area (Å²) in [5.41, 5.74) is -0.0915. The van der Waals surface area contributed by atoms with Gasteiger partial charge in [-0.15, -0.1) is 0 Å². The van der Waals surface area contributed by atoms with E-state index >= 15 is 0 Å². The van der Waals surface area contributed by atoms with Crippen LogP contribution in [0.5, 0.6) is 0 Å². The first kappa shape index (κ1) is 12.8. The van der Waals surface area contributed by atoms with E-state index in [2.05, 4.69) is 0 Å². The average molecular weight is 244 g/mol. The zero-order valence-electron chi connectivity index (χ0n) is 9.05. The number of sulfone groups is 1. The van der Waals surface area contributed by atoms with Gasteiger partial charge in [0.25, 0.3) is 0 Å². The summed E-state index contributed by atoms with van der Waals surface area (Å²) >= 11 is 0. The number of carbonyl (C=O) groups excluding carboxylic acids is 1. The van der Waals surface area contributed by atoms with Crippen molar-refractivity contribution in [1.29, 1.82) is 0 Å². The van der Waals surface area contributed by atoms with Crippen molar-refractivity contribution in [1.82, 2.24) is 0 Å². The molecule has 0 radical (unpaired) electrons. The van der Waals surface area contributed by atoms with E-state index in [9.17, 15) is 17.6 Å². The van der Waals surface area contributed by atoms with Crippen LogP contribution in [0.1, 0.15) is 25.6 Å². The molecular formula is C11H13FO3S. The van der Waals surface area contributed by atoms with Crippen molar-refractivity contribution in [2.45, 2.75) is 30.2 Å². The van der Waals surface area contributed by atoms with Crippen LogP contribution in [0, 0.1) is 0 Å². The zero-order valence-corrected chi connectivity index (χ0v) is 9.87. The quantitative estimate of drug-likeness (QED) is 0.762. The summed E-state index contributed by atoms with van der Waals surface area (Å²) in [5.74, 6) is 0. The normalized spacial score (nSPS) is 13.8. The number of benzene rings is 1. The second kappa shape index (κ2) is 4.74. The van der Waals surface area contributed by atoms with Gasteiger partial charge >= 0.3 is 0 Å². The molecule has 1 unspecified atom stereocenters. The highest BCUT2D eigenvalue weighted by Gasteiger charge is 2.25. The van der Waals surface area contributed by atoms with Crippen LogP contribution in [-0.4, -0.2) is 20.0 Å². The van der Waals surface area contributed by atoms with Gasteiger partial charge in [0.1, 0.15) is 0 Å². The molecule has 0 fully saturated rings. The monoisotopic (exact) mass is 244 g/mol. The fraction of sp³-hybridized carbons (Fsp3) is 0.364. The van der Waals surface area contributed by atoms with Crippen molar-refractivity contribution >= 4 is 16.1 Å². The number of rotatable bonds is 4. The summed E-state index contributed by atoms with van der Waals surface area (Å²) in [7, 11) is -3.56. The van der Waals surface area contributed by atoms with Gasteiger partial charge in [0.05, 0.1) is 10.1 Å². The molecule has 5 heteroatoms. The van der Waals surface area contributed by atoms with Crippen molar-refractivity contribution in [2.24, 2.45) is 0 Å². The highest BCUT2D eigenvalue weighted by molar-refractivity contribution is 7.92. The number of aldehydes is 1. The number of hydrogen-bond donors (Lipinski definition) is 0. The maximum atomic E-state index is 13.3. The second-order valence-electron chi connectivity index (χ2n) is 3.67. The number of hydrogen-bond acceptors (Lipinski definition) is 3. The van der Waals surface area contributed by atoms with Crippen LogP contribution in [0.25, 0.3) is 0 Å². The SMILES string of the molecule is CC(C)S(=O)(=O)c1ccccc1C(F)C=O. The lowest BCUT2D eigenvalue weighted by molar-refractivity contribution is -0.112. The van der Waals surface area contributed by atoms with Gasteiger partial charge in [0, 0.05) is 5.56 Å². The maximum Gasteiger partial charge on any atom is 0.181 e. The van der Waals surface area contributed by atoms with E-state index in [1.807, 2.05) is 0 Å². The summed E-state index contributed by atoms with van der Waals surface area (Å²) in [6.07, 6.45) is -1.81. The van der Waals surface area contributed by atoms with Crippen molar-refractivity contribution in [2.75, 3.05) is 0 Å². The Bertz CT molecular complexity index is 480. The van der Waals surface area contributed by atoms with Gasteiger partial charge in [-0.25, -0.2) is 12.8 Å². The summed E-state index contributed by atoms with van der Waals surface area (Å²) in [6, 6.07) is 5.65. The van der Waals surface area contributed by atoms with E-state index in [0.29, 0.717) is 0 Å². The van der Waals surface area contributed by atoms with E-state index in [0.717, 1.165) is 0 Å². The Labute approximate surface area is 94.2 Å². The molecule has 1 aromatic carbocycles. The molecule has 0 aliphatic heterocycles. The van der Waals surface area contributed by atoms with E-state index in [-0.39, 0.29) is 16.7 Å². The molecule has 1 rings (SSSR count). The molecule has 0 aromatic heterocycles. The minimum atomic E-state index is -3.56. The van der Waals surface area contributed by atoms with Gasteiger partial charge in [0.15, 0.2) is 22.3 Å². The van der Waals surface area contributed by atoms with Crippen LogP contribution in [0.15, 0.2) is 29.2 Å². The molecule has 88 valence electrons. The number of alkyl halides is 1. The molecule has 0 N–H and O–H groups in total. The summed E-state index contributed by atoms with van der Waals surface area (Å²) in [5, 5.41) is -0.646. The van der Waals surface area contributed by atoms with E-state index < -0.39 is 21.3 Å². The Hall–Kier alpha value is -1.23. The maximum absolute atomic E-state index is 13.3. The molecule has 3 nitrogen and oxygen atoms in total. The Balaban J connectivity index is 3.40. The van der Waals surface area contributed by atoms with Gasteiger partial charge in [0.2, 0.25) is 0 Å². The highest BCUT2D eigenvalue weighted by Crippen LogP contribution is 2.26. The minimum absolute atomic E-state index is 0.0915. The first-order chi connectivity index (χ1) is 7.41. The topological polar surface area (TPSA) is 51.2 Å². The Kier molecular flexibility index (Phi) is 3.80. The van der Waals surface area contributed by atoms with Crippen LogP contribution >= 0.6 is 0 Å². The van der Waals surface area contributed by atoms with Crippen LogP contribution in [0.2, 0.25) is 0 Å². The molecule has 0 saturated carbocycles. The molecule has 16 heavy (non-hydrogen) atoms. The second-order valence-corrected chi connectivity index (χ2v) is 6.14. The highest BCUT2D eigenvalue weighted by atomic mass is 32.2. The summed E-state index contributed by atoms with van der Waals surface area (Å²) < 4.78 is 37.1. The molecule has 0 spiro atoms. The Morgan fingerprint density at radius 2 is 1.81 bits per heavy atom. The molecule has 1 atom stereocenters. The van der Waals surface area contributed by atoms with Crippen molar-refractivity contribution < 1.29 is 17.6 Å². The molecular weight excluding hydrogens is 231 g/mol. The molecule has 1 aromatic rings. The molecule has 0 saturated heterocycles. The van der Waals surface area contributed by atoms with Crippen molar-refractivity contribution in [3.8, 4) is 0 Å². The predicted molar refractivity (Wildman–Crippen MR) is 58.7 cm³/mol. The van der Waals surface area contributed by atoms with E-state index in [4.69, 9.17) is 0 Å². The summed E-state index contributed by atoms with van der Waals surface area (Å²) in [4.78, 5) is 10.3. The third-order valence-electron chi connectivity index (χ3n) is 2.26. The Morgan fingerprint density at radius 3 is 2.31 bits per heavy atom. The van der Waals surface area contributed by atoms with Crippen LogP contribution in [0.4, 0.5) is 4.39 Å². The third-order valence-corrected chi connectivity index (χ3v) is 4.49. The van der Waals surface area contributed by atoms with Crippen molar-refractivity contribution in [3.05, 3.63) is 29.8 Å². The number of carbonyl (C=O) groups is 1. The van der Waals surface area contributed by atoms with Crippen LogP contribution in [-0.2, 0) is 14.6 Å². The largest absolute Gasteiger partial charge is 0.300 e. The molecule has 0 heterocycles. The lowest BCUT2D eigenvalue weighted by Gasteiger charge is -2.12. The van der Waals surface area contributed by atoms with Crippen LogP contribution in [0.3, 0.4) is 0 Å². The predicted octanol–water partition coefficient (Wildman–Crippen LogP) is 2.08. The molecule has 0 aliphatic carbocycles. The fourth-order valence-electron chi connectivity index (χ4n) is 1.29. The summed E-state index contributed by atoms with van der Waals surface area (Å²) in [6.45, 7) is 3.03. The lowest BCUT2D eigenvalue weighted by Crippen LogP contribution is -2.16. The van der Waals surface area contributed by atoms with E-state index in [1.54, 1.807) is 0 Å². The molecule has 0 aliphatic rings.